The third-order valence-electron chi connectivity index (χ3n) is 6.04. The molecule has 0 saturated carbocycles. The van der Waals surface area contributed by atoms with E-state index in [0.717, 1.165) is 23.9 Å². The SMILES string of the molecule is O=C(CCc1nc2ccccc2c(=O)[nH]1)N1CCC(n2c(=O)[nH]c3ccccc32)CC1. The molecule has 1 aliphatic rings. The van der Waals surface area contributed by atoms with Gasteiger partial charge in [-0.25, -0.2) is 9.78 Å². The number of para-hydroxylation sites is 3. The lowest BCUT2D eigenvalue weighted by molar-refractivity contribution is -0.132. The molecule has 2 aromatic carbocycles. The van der Waals surface area contributed by atoms with E-state index in [-0.39, 0.29) is 23.2 Å². The zero-order valence-corrected chi connectivity index (χ0v) is 17.0. The van der Waals surface area contributed by atoms with Crippen molar-refractivity contribution in [1.29, 1.82) is 0 Å². The number of benzene rings is 2. The molecular formula is C23H23N5O3. The number of aromatic nitrogens is 4. The van der Waals surface area contributed by atoms with E-state index in [4.69, 9.17) is 0 Å². The van der Waals surface area contributed by atoms with Crippen molar-refractivity contribution in [2.75, 3.05) is 13.1 Å². The van der Waals surface area contributed by atoms with Crippen molar-refractivity contribution in [2.24, 2.45) is 0 Å². The Morgan fingerprint density at radius 2 is 1.74 bits per heavy atom. The lowest BCUT2D eigenvalue weighted by atomic mass is 10.0. The minimum Gasteiger partial charge on any atom is -0.343 e. The molecule has 1 amide bonds. The average molecular weight is 417 g/mol. The molecule has 2 aromatic heterocycles. The Balaban J connectivity index is 1.23. The van der Waals surface area contributed by atoms with Gasteiger partial charge in [-0.3, -0.25) is 14.2 Å². The van der Waals surface area contributed by atoms with Crippen molar-refractivity contribution in [3.8, 4) is 0 Å². The summed E-state index contributed by atoms with van der Waals surface area (Å²) in [5, 5.41) is 0.548. The Hall–Kier alpha value is -3.68. The molecular weight excluding hydrogens is 394 g/mol. The molecule has 0 atom stereocenters. The molecule has 4 aromatic rings. The number of nitrogens with zero attached hydrogens (tertiary/aromatic N) is 3. The molecule has 1 saturated heterocycles. The summed E-state index contributed by atoms with van der Waals surface area (Å²) >= 11 is 0. The van der Waals surface area contributed by atoms with Crippen LogP contribution in [0.25, 0.3) is 21.9 Å². The summed E-state index contributed by atoms with van der Waals surface area (Å²) in [6.07, 6.45) is 2.15. The zero-order chi connectivity index (χ0) is 21.4. The quantitative estimate of drug-likeness (QED) is 0.532. The highest BCUT2D eigenvalue weighted by molar-refractivity contribution is 5.78. The second-order valence-electron chi connectivity index (χ2n) is 7.96. The summed E-state index contributed by atoms with van der Waals surface area (Å²) < 4.78 is 1.82. The number of H-pyrrole nitrogens is 2. The van der Waals surface area contributed by atoms with Crippen LogP contribution < -0.4 is 11.2 Å². The Bertz CT molecular complexity index is 1380. The van der Waals surface area contributed by atoms with Crippen molar-refractivity contribution in [1.82, 2.24) is 24.4 Å². The smallest absolute Gasteiger partial charge is 0.326 e. The topological polar surface area (TPSA) is 104 Å². The minimum atomic E-state index is -0.182. The van der Waals surface area contributed by atoms with Crippen molar-refractivity contribution >= 4 is 27.8 Å². The molecule has 31 heavy (non-hydrogen) atoms. The third kappa shape index (κ3) is 3.65. The maximum Gasteiger partial charge on any atom is 0.326 e. The summed E-state index contributed by atoms with van der Waals surface area (Å²) in [4.78, 5) is 49.3. The Labute approximate surface area is 177 Å². The fourth-order valence-electron chi connectivity index (χ4n) is 4.45. The van der Waals surface area contributed by atoms with Crippen LogP contribution in [0.2, 0.25) is 0 Å². The van der Waals surface area contributed by atoms with Gasteiger partial charge in [-0.05, 0) is 37.1 Å². The number of carbonyl (C=O) groups is 1. The summed E-state index contributed by atoms with van der Waals surface area (Å²) in [6, 6.07) is 14.9. The van der Waals surface area contributed by atoms with Crippen LogP contribution >= 0.6 is 0 Å². The van der Waals surface area contributed by atoms with Crippen LogP contribution in [0, 0.1) is 0 Å². The molecule has 0 unspecified atom stereocenters. The molecule has 1 fully saturated rings. The largest absolute Gasteiger partial charge is 0.343 e. The number of imidazole rings is 1. The highest BCUT2D eigenvalue weighted by atomic mass is 16.2. The van der Waals surface area contributed by atoms with Crippen LogP contribution in [0.3, 0.4) is 0 Å². The molecule has 0 aliphatic carbocycles. The monoisotopic (exact) mass is 417 g/mol. The number of amides is 1. The standard InChI is InChI=1S/C23H23N5O3/c29-21(10-9-20-24-17-6-2-1-5-16(17)22(30)26-20)27-13-11-15(12-14-27)28-19-8-4-3-7-18(19)25-23(28)31/h1-8,15H,9-14H2,(H,25,31)(H,24,26,30). The number of hydrogen-bond donors (Lipinski definition) is 2. The van der Waals surface area contributed by atoms with E-state index in [0.29, 0.717) is 42.7 Å². The van der Waals surface area contributed by atoms with E-state index < -0.39 is 0 Å². The second kappa shape index (κ2) is 7.86. The maximum atomic E-state index is 12.7. The van der Waals surface area contributed by atoms with Gasteiger partial charge in [0.2, 0.25) is 5.91 Å². The number of rotatable bonds is 4. The molecule has 3 heterocycles. The van der Waals surface area contributed by atoms with E-state index >= 15 is 0 Å². The normalized spacial score (nSPS) is 15.0. The van der Waals surface area contributed by atoms with Crippen LogP contribution in [0.1, 0.15) is 31.1 Å². The summed E-state index contributed by atoms with van der Waals surface area (Å²) in [5.74, 6) is 0.567. The van der Waals surface area contributed by atoms with Crippen LogP contribution in [0.5, 0.6) is 0 Å². The second-order valence-corrected chi connectivity index (χ2v) is 7.96. The molecule has 1 aliphatic heterocycles. The van der Waals surface area contributed by atoms with Gasteiger partial charge in [0, 0.05) is 32.0 Å². The van der Waals surface area contributed by atoms with E-state index in [1.54, 1.807) is 18.2 Å². The first-order chi connectivity index (χ1) is 15.1. The predicted molar refractivity (Wildman–Crippen MR) is 118 cm³/mol. The molecule has 2 N–H and O–H groups in total. The van der Waals surface area contributed by atoms with Gasteiger partial charge in [0.05, 0.1) is 21.9 Å². The number of aryl methyl sites for hydroxylation is 1. The molecule has 8 heteroatoms. The van der Waals surface area contributed by atoms with Crippen LogP contribution in [-0.4, -0.2) is 43.4 Å². The van der Waals surface area contributed by atoms with Gasteiger partial charge in [0.25, 0.3) is 5.56 Å². The number of hydrogen-bond acceptors (Lipinski definition) is 4. The van der Waals surface area contributed by atoms with Crippen LogP contribution in [-0.2, 0) is 11.2 Å². The van der Waals surface area contributed by atoms with Gasteiger partial charge >= 0.3 is 5.69 Å². The highest BCUT2D eigenvalue weighted by Gasteiger charge is 2.26. The molecule has 0 radical (unpaired) electrons. The van der Waals surface area contributed by atoms with Gasteiger partial charge in [-0.1, -0.05) is 24.3 Å². The predicted octanol–water partition coefficient (Wildman–Crippen LogP) is 2.36. The summed E-state index contributed by atoms with van der Waals surface area (Å²) in [5.41, 5.74) is 2.10. The van der Waals surface area contributed by atoms with Gasteiger partial charge < -0.3 is 14.9 Å². The fraction of sp³-hybridized carbons (Fsp3) is 0.304. The van der Waals surface area contributed by atoms with Crippen molar-refractivity contribution < 1.29 is 4.79 Å². The van der Waals surface area contributed by atoms with Gasteiger partial charge in [-0.15, -0.1) is 0 Å². The summed E-state index contributed by atoms with van der Waals surface area (Å²) in [6.45, 7) is 1.22. The van der Waals surface area contributed by atoms with Crippen molar-refractivity contribution in [3.63, 3.8) is 0 Å². The van der Waals surface area contributed by atoms with E-state index in [1.165, 1.54) is 0 Å². The molecule has 0 spiro atoms. The van der Waals surface area contributed by atoms with Gasteiger partial charge in [0.15, 0.2) is 0 Å². The van der Waals surface area contributed by atoms with Gasteiger partial charge in [0.1, 0.15) is 5.82 Å². The highest BCUT2D eigenvalue weighted by Crippen LogP contribution is 2.25. The maximum absolute atomic E-state index is 12.7. The Kier molecular flexibility index (Phi) is 4.89. The van der Waals surface area contributed by atoms with E-state index in [1.807, 2.05) is 39.8 Å². The number of likely N-dealkylation sites (tertiary alicyclic amines) is 1. The number of piperidine rings is 1. The average Bonchev–Trinajstić information content (AvgIpc) is 3.13. The lowest BCUT2D eigenvalue weighted by Crippen LogP contribution is -2.40. The fourth-order valence-corrected chi connectivity index (χ4v) is 4.45. The number of fused-ring (bicyclic) bond motifs is 2. The molecule has 5 rings (SSSR count). The first-order valence-corrected chi connectivity index (χ1v) is 10.5. The number of carbonyl (C=O) groups excluding carboxylic acids is 1. The molecule has 8 nitrogen and oxygen atoms in total. The Morgan fingerprint density at radius 1 is 1.00 bits per heavy atom. The van der Waals surface area contributed by atoms with Crippen LogP contribution in [0.4, 0.5) is 0 Å². The molecule has 0 bridgehead atoms. The van der Waals surface area contributed by atoms with Crippen molar-refractivity contribution in [3.05, 3.63) is 75.2 Å². The van der Waals surface area contributed by atoms with E-state index in [2.05, 4.69) is 15.0 Å². The summed E-state index contributed by atoms with van der Waals surface area (Å²) in [7, 11) is 0. The first kappa shape index (κ1) is 19.3. The zero-order valence-electron chi connectivity index (χ0n) is 17.0. The van der Waals surface area contributed by atoms with Gasteiger partial charge in [-0.2, -0.15) is 0 Å². The van der Waals surface area contributed by atoms with Crippen molar-refractivity contribution in [2.45, 2.75) is 31.7 Å². The van der Waals surface area contributed by atoms with Crippen LogP contribution in [0.15, 0.2) is 58.1 Å². The third-order valence-corrected chi connectivity index (χ3v) is 6.04. The number of nitrogens with one attached hydrogen (secondary N) is 2. The Morgan fingerprint density at radius 3 is 2.58 bits per heavy atom. The minimum absolute atomic E-state index is 0.0422. The lowest BCUT2D eigenvalue weighted by Gasteiger charge is -2.32. The van der Waals surface area contributed by atoms with E-state index in [9.17, 15) is 14.4 Å². The number of aromatic amines is 2. The molecule has 158 valence electrons. The first-order valence-electron chi connectivity index (χ1n) is 10.5.